The Morgan fingerprint density at radius 2 is 2.42 bits per heavy atom. The van der Waals surface area contributed by atoms with E-state index in [0.717, 1.165) is 19.6 Å². The van der Waals surface area contributed by atoms with Gasteiger partial charge in [0.15, 0.2) is 10.8 Å². The third-order valence-electron chi connectivity index (χ3n) is 3.81. The van der Waals surface area contributed by atoms with E-state index in [2.05, 4.69) is 29.0 Å². The van der Waals surface area contributed by atoms with Crippen LogP contribution < -0.4 is 5.32 Å². The first-order valence-corrected chi connectivity index (χ1v) is 9.11. The number of thiazole rings is 1. The fourth-order valence-corrected chi connectivity index (χ4v) is 3.54. The summed E-state index contributed by atoms with van der Waals surface area (Å²) in [4.78, 5) is 19.0. The number of hydrogen-bond donors (Lipinski definition) is 1. The van der Waals surface area contributed by atoms with Gasteiger partial charge in [-0.3, -0.25) is 9.69 Å². The maximum Gasteiger partial charge on any atom is 0.270 e. The van der Waals surface area contributed by atoms with Crippen LogP contribution in [0, 0.1) is 5.92 Å². The number of furan rings is 1. The summed E-state index contributed by atoms with van der Waals surface area (Å²) in [5, 5.41) is 5.38. The highest BCUT2D eigenvalue weighted by Crippen LogP contribution is 2.23. The minimum absolute atomic E-state index is 0.0321. The lowest BCUT2D eigenvalue weighted by Crippen LogP contribution is -2.48. The van der Waals surface area contributed by atoms with Crippen molar-refractivity contribution in [3.8, 4) is 10.8 Å². The normalized spacial score (nSPS) is 18.9. The monoisotopic (exact) mass is 349 g/mol. The summed E-state index contributed by atoms with van der Waals surface area (Å²) in [6, 6.07) is 3.64. The van der Waals surface area contributed by atoms with Gasteiger partial charge in [0, 0.05) is 31.6 Å². The molecule has 1 fully saturated rings. The SMILES string of the molecule is CC(C)CN1CCOC(CNC(=O)c2csc(-c3ccco3)n2)C1. The van der Waals surface area contributed by atoms with E-state index >= 15 is 0 Å². The maximum absolute atomic E-state index is 12.3. The van der Waals surface area contributed by atoms with Crippen LogP contribution in [-0.4, -0.2) is 54.7 Å². The predicted octanol–water partition coefficient (Wildman–Crippen LogP) is 2.49. The third-order valence-corrected chi connectivity index (χ3v) is 4.66. The molecule has 1 atom stereocenters. The van der Waals surface area contributed by atoms with E-state index in [-0.39, 0.29) is 12.0 Å². The van der Waals surface area contributed by atoms with E-state index in [0.29, 0.717) is 35.5 Å². The van der Waals surface area contributed by atoms with E-state index in [1.807, 2.05) is 6.07 Å². The van der Waals surface area contributed by atoms with Gasteiger partial charge >= 0.3 is 0 Å². The number of amides is 1. The summed E-state index contributed by atoms with van der Waals surface area (Å²) in [6.45, 7) is 8.52. The number of morpholine rings is 1. The second-order valence-corrected chi connectivity index (χ2v) is 7.23. The molecular formula is C17H23N3O3S. The zero-order chi connectivity index (χ0) is 16.9. The molecule has 1 N–H and O–H groups in total. The Bertz CT molecular complexity index is 654. The first kappa shape index (κ1) is 17.1. The molecule has 1 unspecified atom stereocenters. The van der Waals surface area contributed by atoms with E-state index in [9.17, 15) is 4.79 Å². The maximum atomic E-state index is 12.3. The van der Waals surface area contributed by atoms with Crippen molar-refractivity contribution >= 4 is 17.2 Å². The number of nitrogens with one attached hydrogen (secondary N) is 1. The second-order valence-electron chi connectivity index (χ2n) is 6.37. The Hall–Kier alpha value is -1.70. The molecule has 0 radical (unpaired) electrons. The highest BCUT2D eigenvalue weighted by atomic mass is 32.1. The fourth-order valence-electron chi connectivity index (χ4n) is 2.77. The first-order chi connectivity index (χ1) is 11.6. The van der Waals surface area contributed by atoms with E-state index in [1.54, 1.807) is 17.7 Å². The number of carbonyl (C=O) groups is 1. The van der Waals surface area contributed by atoms with Gasteiger partial charge in [-0.15, -0.1) is 11.3 Å². The molecule has 2 aromatic rings. The molecule has 0 aromatic carbocycles. The highest BCUT2D eigenvalue weighted by Gasteiger charge is 2.22. The van der Waals surface area contributed by atoms with Crippen LogP contribution in [0.1, 0.15) is 24.3 Å². The van der Waals surface area contributed by atoms with Crippen molar-refractivity contribution in [3.63, 3.8) is 0 Å². The average molecular weight is 349 g/mol. The Morgan fingerprint density at radius 1 is 1.54 bits per heavy atom. The van der Waals surface area contributed by atoms with Crippen molar-refractivity contribution in [1.29, 1.82) is 0 Å². The predicted molar refractivity (Wildman–Crippen MR) is 93.2 cm³/mol. The van der Waals surface area contributed by atoms with Gasteiger partial charge in [0.2, 0.25) is 0 Å². The topological polar surface area (TPSA) is 67.6 Å². The van der Waals surface area contributed by atoms with Crippen LogP contribution in [0.2, 0.25) is 0 Å². The van der Waals surface area contributed by atoms with E-state index < -0.39 is 0 Å². The second kappa shape index (κ2) is 7.92. The number of carbonyl (C=O) groups excluding carboxylic acids is 1. The molecule has 0 aliphatic carbocycles. The Morgan fingerprint density at radius 3 is 3.17 bits per heavy atom. The lowest BCUT2D eigenvalue weighted by Gasteiger charge is -2.33. The molecule has 3 heterocycles. The van der Waals surface area contributed by atoms with Crippen LogP contribution in [0.5, 0.6) is 0 Å². The molecule has 0 spiro atoms. The van der Waals surface area contributed by atoms with Gasteiger partial charge in [0.25, 0.3) is 5.91 Å². The quantitative estimate of drug-likeness (QED) is 0.868. The van der Waals surface area contributed by atoms with Crippen LogP contribution >= 0.6 is 11.3 Å². The van der Waals surface area contributed by atoms with Gasteiger partial charge in [0.1, 0.15) is 5.69 Å². The largest absolute Gasteiger partial charge is 0.462 e. The summed E-state index contributed by atoms with van der Waals surface area (Å²) in [5.41, 5.74) is 0.418. The van der Waals surface area contributed by atoms with Gasteiger partial charge in [-0.2, -0.15) is 0 Å². The molecule has 6 nitrogen and oxygen atoms in total. The molecule has 0 bridgehead atoms. The van der Waals surface area contributed by atoms with Crippen LogP contribution in [0.25, 0.3) is 10.8 Å². The van der Waals surface area contributed by atoms with Gasteiger partial charge in [0.05, 0.1) is 19.0 Å². The summed E-state index contributed by atoms with van der Waals surface area (Å²) < 4.78 is 11.1. The zero-order valence-corrected chi connectivity index (χ0v) is 14.8. The van der Waals surface area contributed by atoms with Crippen molar-refractivity contribution < 1.29 is 13.9 Å². The summed E-state index contributed by atoms with van der Waals surface area (Å²) in [6.07, 6.45) is 1.63. The molecular weight excluding hydrogens is 326 g/mol. The van der Waals surface area contributed by atoms with E-state index in [4.69, 9.17) is 9.15 Å². The Kier molecular flexibility index (Phi) is 5.65. The molecule has 0 saturated carbocycles. The molecule has 1 aliphatic heterocycles. The lowest BCUT2D eigenvalue weighted by molar-refractivity contribution is -0.0295. The fraction of sp³-hybridized carbons (Fsp3) is 0.529. The summed E-state index contributed by atoms with van der Waals surface area (Å²) in [7, 11) is 0. The molecule has 1 amide bonds. The van der Waals surface area contributed by atoms with Crippen LogP contribution in [0.4, 0.5) is 0 Å². The average Bonchev–Trinajstić information content (AvgIpc) is 3.23. The van der Waals surface area contributed by atoms with E-state index in [1.165, 1.54) is 11.3 Å². The third kappa shape index (κ3) is 4.43. The molecule has 24 heavy (non-hydrogen) atoms. The minimum Gasteiger partial charge on any atom is -0.462 e. The standard InChI is InChI=1S/C17H23N3O3S/c1-12(2)9-20-5-7-22-13(10-20)8-18-16(21)14-11-24-17(19-14)15-4-3-6-23-15/h3-4,6,11-13H,5,7-10H2,1-2H3,(H,18,21). The van der Waals surface area contributed by atoms with Crippen molar-refractivity contribution in [2.75, 3.05) is 32.8 Å². The van der Waals surface area contributed by atoms with Gasteiger partial charge < -0.3 is 14.5 Å². The Labute approximate surface area is 145 Å². The van der Waals surface area contributed by atoms with Crippen molar-refractivity contribution in [3.05, 3.63) is 29.5 Å². The number of rotatable bonds is 6. The van der Waals surface area contributed by atoms with Gasteiger partial charge in [-0.05, 0) is 18.1 Å². The van der Waals surface area contributed by atoms with Crippen LogP contribution in [0.15, 0.2) is 28.2 Å². The van der Waals surface area contributed by atoms with Crippen molar-refractivity contribution in [2.45, 2.75) is 20.0 Å². The Balaban J connectivity index is 1.50. The molecule has 7 heteroatoms. The van der Waals surface area contributed by atoms with Gasteiger partial charge in [-0.1, -0.05) is 13.8 Å². The number of nitrogens with zero attached hydrogens (tertiary/aromatic N) is 2. The van der Waals surface area contributed by atoms with Crippen LogP contribution in [0.3, 0.4) is 0 Å². The molecule has 3 rings (SSSR count). The zero-order valence-electron chi connectivity index (χ0n) is 14.0. The summed E-state index contributed by atoms with van der Waals surface area (Å²) >= 11 is 1.40. The van der Waals surface area contributed by atoms with Crippen molar-refractivity contribution in [2.24, 2.45) is 5.92 Å². The molecule has 1 aliphatic rings. The van der Waals surface area contributed by atoms with Crippen LogP contribution in [-0.2, 0) is 4.74 Å². The minimum atomic E-state index is -0.173. The number of hydrogen-bond acceptors (Lipinski definition) is 6. The molecule has 2 aromatic heterocycles. The summed E-state index contributed by atoms with van der Waals surface area (Å²) in [5.74, 6) is 1.14. The highest BCUT2D eigenvalue weighted by molar-refractivity contribution is 7.13. The van der Waals surface area contributed by atoms with Gasteiger partial charge in [-0.25, -0.2) is 4.98 Å². The van der Waals surface area contributed by atoms with Crippen molar-refractivity contribution in [1.82, 2.24) is 15.2 Å². The molecule has 130 valence electrons. The number of ether oxygens (including phenoxy) is 1. The number of aromatic nitrogens is 1. The lowest BCUT2D eigenvalue weighted by atomic mass is 10.2. The first-order valence-electron chi connectivity index (χ1n) is 8.23. The smallest absolute Gasteiger partial charge is 0.270 e. The molecule has 1 saturated heterocycles.